The molecular formula is C19H20N2O4S2. The second-order valence-electron chi connectivity index (χ2n) is 6.38. The smallest absolute Gasteiger partial charge is 0.241 e. The van der Waals surface area contributed by atoms with Crippen LogP contribution in [-0.4, -0.2) is 32.2 Å². The number of fused-ring (bicyclic) bond motifs is 1. The molecule has 0 aliphatic carbocycles. The van der Waals surface area contributed by atoms with Gasteiger partial charge in [0.2, 0.25) is 5.91 Å². The van der Waals surface area contributed by atoms with Crippen molar-refractivity contribution in [3.63, 3.8) is 0 Å². The fourth-order valence-corrected chi connectivity index (χ4v) is 4.61. The molecule has 0 unspecified atom stereocenters. The summed E-state index contributed by atoms with van der Waals surface area (Å²) in [5, 5.41) is 2.98. The number of carbonyl (C=O) groups excluding carboxylic acids is 1. The van der Waals surface area contributed by atoms with E-state index in [1.807, 2.05) is 18.2 Å². The first kappa shape index (κ1) is 19.3. The molecule has 0 aliphatic heterocycles. The molecule has 0 bridgehead atoms. The molecule has 0 atom stereocenters. The lowest BCUT2D eigenvalue weighted by molar-refractivity contribution is -0.113. The van der Waals surface area contributed by atoms with Crippen LogP contribution in [0.3, 0.4) is 0 Å². The van der Waals surface area contributed by atoms with Crippen LogP contribution in [0.15, 0.2) is 47.4 Å². The highest BCUT2D eigenvalue weighted by atomic mass is 32.2. The molecule has 8 heteroatoms. The predicted octanol–water partition coefficient (Wildman–Crippen LogP) is 3.84. The Bertz CT molecular complexity index is 1070. The molecule has 3 aromatic rings. The van der Waals surface area contributed by atoms with E-state index in [9.17, 15) is 13.2 Å². The van der Waals surface area contributed by atoms with Crippen LogP contribution in [0.4, 0.5) is 5.13 Å². The van der Waals surface area contributed by atoms with Crippen LogP contribution in [0.2, 0.25) is 0 Å². The van der Waals surface area contributed by atoms with Gasteiger partial charge in [0.15, 0.2) is 15.0 Å². The number of nitrogens with one attached hydrogen (secondary N) is 1. The van der Waals surface area contributed by atoms with Crippen molar-refractivity contribution in [1.29, 1.82) is 0 Å². The lowest BCUT2D eigenvalue weighted by Gasteiger charge is -2.05. The number of carbonyl (C=O) groups is 1. The monoisotopic (exact) mass is 404 g/mol. The van der Waals surface area contributed by atoms with Crippen molar-refractivity contribution in [1.82, 2.24) is 4.98 Å². The van der Waals surface area contributed by atoms with Crippen molar-refractivity contribution in [2.75, 3.05) is 18.2 Å². The molecule has 1 heterocycles. The summed E-state index contributed by atoms with van der Waals surface area (Å²) in [6.45, 7) is 4.21. The number of sulfone groups is 1. The first-order chi connectivity index (χ1) is 12.8. The summed E-state index contributed by atoms with van der Waals surface area (Å²) in [5.41, 5.74) is 1.96. The summed E-state index contributed by atoms with van der Waals surface area (Å²) in [4.78, 5) is 16.7. The van der Waals surface area contributed by atoms with Gasteiger partial charge in [-0.25, -0.2) is 13.4 Å². The highest BCUT2D eigenvalue weighted by Gasteiger charge is 2.20. The molecular weight excluding hydrogens is 384 g/mol. The summed E-state index contributed by atoms with van der Waals surface area (Å²) < 4.78 is 30.8. The van der Waals surface area contributed by atoms with E-state index in [1.165, 1.54) is 36.1 Å². The zero-order chi connectivity index (χ0) is 19.6. The third kappa shape index (κ3) is 4.45. The van der Waals surface area contributed by atoms with Crippen molar-refractivity contribution in [2.24, 2.45) is 0 Å². The number of nitrogens with zero attached hydrogens (tertiary/aromatic N) is 1. The first-order valence-corrected chi connectivity index (χ1v) is 10.8. The number of thiazole rings is 1. The highest BCUT2D eigenvalue weighted by Crippen LogP contribution is 2.29. The van der Waals surface area contributed by atoms with Crippen molar-refractivity contribution < 1.29 is 17.9 Å². The van der Waals surface area contributed by atoms with Crippen molar-refractivity contribution in [2.45, 2.75) is 24.7 Å². The fourth-order valence-electron chi connectivity index (χ4n) is 2.55. The molecule has 6 nitrogen and oxygen atoms in total. The number of hydrogen-bond donors (Lipinski definition) is 1. The third-order valence-corrected chi connectivity index (χ3v) is 6.63. The Labute approximate surface area is 162 Å². The summed E-state index contributed by atoms with van der Waals surface area (Å²) in [7, 11) is -2.24. The number of benzene rings is 2. The molecule has 142 valence electrons. The number of amides is 1. The van der Waals surface area contributed by atoms with Gasteiger partial charge in [-0.2, -0.15) is 0 Å². The van der Waals surface area contributed by atoms with Crippen LogP contribution < -0.4 is 10.1 Å². The molecule has 0 saturated heterocycles. The van der Waals surface area contributed by atoms with Crippen LogP contribution in [0.1, 0.15) is 25.3 Å². The normalized spacial score (nSPS) is 11.7. The summed E-state index contributed by atoms with van der Waals surface area (Å²) >= 11 is 1.33. The molecule has 3 rings (SSSR count). The standard InChI is InChI=1S/C19H20N2O4S2/c1-12(2)13-4-9-16-17(10-13)26-19(20-16)21-18(22)11-27(23,24)15-7-5-14(25-3)6-8-15/h4-10,12H,11H2,1-3H3,(H,20,21,22). The van der Waals surface area contributed by atoms with E-state index in [1.54, 1.807) is 12.1 Å². The van der Waals surface area contributed by atoms with E-state index in [-0.39, 0.29) is 4.90 Å². The maximum Gasteiger partial charge on any atom is 0.241 e. The molecule has 1 N–H and O–H groups in total. The molecule has 0 aliphatic rings. The second-order valence-corrected chi connectivity index (χ2v) is 9.40. The Morgan fingerprint density at radius 3 is 2.52 bits per heavy atom. The second kappa shape index (κ2) is 7.66. The first-order valence-electron chi connectivity index (χ1n) is 8.35. The van der Waals surface area contributed by atoms with E-state index in [0.717, 1.165) is 10.2 Å². The van der Waals surface area contributed by atoms with Gasteiger partial charge in [-0.1, -0.05) is 31.3 Å². The lowest BCUT2D eigenvalue weighted by atomic mass is 10.0. The molecule has 2 aromatic carbocycles. The van der Waals surface area contributed by atoms with E-state index in [2.05, 4.69) is 24.1 Å². The van der Waals surface area contributed by atoms with Gasteiger partial charge < -0.3 is 10.1 Å². The third-order valence-electron chi connectivity index (χ3n) is 4.07. The van der Waals surface area contributed by atoms with E-state index >= 15 is 0 Å². The zero-order valence-electron chi connectivity index (χ0n) is 15.2. The Hall–Kier alpha value is -2.45. The number of methoxy groups -OCH3 is 1. The van der Waals surface area contributed by atoms with E-state index < -0.39 is 21.5 Å². The van der Waals surface area contributed by atoms with Gasteiger partial charge in [-0.3, -0.25) is 4.79 Å². The van der Waals surface area contributed by atoms with Crippen LogP contribution in [0.5, 0.6) is 5.75 Å². The average molecular weight is 405 g/mol. The van der Waals surface area contributed by atoms with E-state index in [4.69, 9.17) is 4.74 Å². The molecule has 0 spiro atoms. The molecule has 0 fully saturated rings. The largest absolute Gasteiger partial charge is 0.497 e. The summed E-state index contributed by atoms with van der Waals surface area (Å²) in [6.07, 6.45) is 0. The Morgan fingerprint density at radius 1 is 1.19 bits per heavy atom. The van der Waals surface area contributed by atoms with Gasteiger partial charge in [0, 0.05) is 0 Å². The number of anilines is 1. The molecule has 1 aromatic heterocycles. The molecule has 0 radical (unpaired) electrons. The highest BCUT2D eigenvalue weighted by molar-refractivity contribution is 7.92. The van der Waals surface area contributed by atoms with Gasteiger partial charge >= 0.3 is 0 Å². The minimum Gasteiger partial charge on any atom is -0.497 e. The Morgan fingerprint density at radius 2 is 1.89 bits per heavy atom. The number of aromatic nitrogens is 1. The molecule has 0 saturated carbocycles. The van der Waals surface area contributed by atoms with Crippen LogP contribution in [0.25, 0.3) is 10.2 Å². The van der Waals surface area contributed by atoms with E-state index in [0.29, 0.717) is 16.8 Å². The number of ether oxygens (including phenoxy) is 1. The zero-order valence-corrected chi connectivity index (χ0v) is 16.9. The Kier molecular flexibility index (Phi) is 5.48. The van der Waals surface area contributed by atoms with Crippen LogP contribution in [0, 0.1) is 0 Å². The summed E-state index contributed by atoms with van der Waals surface area (Å²) in [5.74, 6) is -0.321. The molecule has 27 heavy (non-hydrogen) atoms. The Balaban J connectivity index is 1.73. The number of rotatable bonds is 6. The van der Waals surface area contributed by atoms with Crippen LogP contribution in [-0.2, 0) is 14.6 Å². The summed E-state index contributed by atoms with van der Waals surface area (Å²) in [6, 6.07) is 11.9. The van der Waals surface area contributed by atoms with Crippen molar-refractivity contribution in [3.8, 4) is 5.75 Å². The maximum absolute atomic E-state index is 12.4. The van der Waals surface area contributed by atoms with Crippen LogP contribution >= 0.6 is 11.3 Å². The topological polar surface area (TPSA) is 85.4 Å². The maximum atomic E-state index is 12.4. The minimum atomic E-state index is -3.74. The SMILES string of the molecule is COc1ccc(S(=O)(=O)CC(=O)Nc2nc3ccc(C(C)C)cc3s2)cc1. The predicted molar refractivity (Wildman–Crippen MR) is 107 cm³/mol. The van der Waals surface area contributed by atoms with Crippen molar-refractivity contribution in [3.05, 3.63) is 48.0 Å². The molecule has 1 amide bonds. The van der Waals surface area contributed by atoms with Gasteiger partial charge in [0.05, 0.1) is 22.2 Å². The van der Waals surface area contributed by atoms with Gasteiger partial charge in [-0.15, -0.1) is 0 Å². The minimum absolute atomic E-state index is 0.0734. The quantitative estimate of drug-likeness (QED) is 0.675. The van der Waals surface area contributed by atoms with Gasteiger partial charge in [0.25, 0.3) is 0 Å². The van der Waals surface area contributed by atoms with Gasteiger partial charge in [0.1, 0.15) is 11.5 Å². The number of hydrogen-bond acceptors (Lipinski definition) is 6. The van der Waals surface area contributed by atoms with Crippen molar-refractivity contribution >= 4 is 42.4 Å². The average Bonchev–Trinajstić information content (AvgIpc) is 3.02. The van der Waals surface area contributed by atoms with Gasteiger partial charge in [-0.05, 0) is 47.9 Å². The fraction of sp³-hybridized carbons (Fsp3) is 0.263. The lowest BCUT2D eigenvalue weighted by Crippen LogP contribution is -2.22.